The number of primary amides is 1. The van der Waals surface area contributed by atoms with Crippen molar-refractivity contribution < 1.29 is 38.1 Å². The maximum absolute atomic E-state index is 12.6. The zero-order valence-corrected chi connectivity index (χ0v) is 40.6. The summed E-state index contributed by atoms with van der Waals surface area (Å²) in [6.45, 7) is 19.4. The number of amides is 5. The molecule has 0 saturated carbocycles. The van der Waals surface area contributed by atoms with Crippen LogP contribution in [0.2, 0.25) is 0 Å². The molecule has 18 nitrogen and oxygen atoms in total. The maximum Gasteiger partial charge on any atom is 0.312 e. The predicted octanol–water partition coefficient (Wildman–Crippen LogP) is 4.17. The normalized spacial score (nSPS) is 14.5. The number of piperazine rings is 1. The van der Waals surface area contributed by atoms with Gasteiger partial charge in [-0.2, -0.15) is 0 Å². The first kappa shape index (κ1) is 54.0. The Kier molecular flexibility index (Phi) is 25.6. The number of nitrogens with zero attached hydrogens (tertiary/aromatic N) is 5. The van der Waals surface area contributed by atoms with Crippen molar-refractivity contribution in [3.63, 3.8) is 0 Å². The van der Waals surface area contributed by atoms with E-state index in [0.29, 0.717) is 72.4 Å². The van der Waals surface area contributed by atoms with Crippen molar-refractivity contribution in [2.24, 2.45) is 11.7 Å². The Labute approximate surface area is 395 Å². The summed E-state index contributed by atoms with van der Waals surface area (Å²) in [5.41, 5.74) is 8.08. The largest absolute Gasteiger partial charge is 0.378 e. The van der Waals surface area contributed by atoms with Crippen molar-refractivity contribution in [3.05, 3.63) is 36.5 Å². The first-order valence-electron chi connectivity index (χ1n) is 23.8. The summed E-state index contributed by atoms with van der Waals surface area (Å²) in [4.78, 5) is 63.6. The molecule has 1 unspecified atom stereocenters. The highest BCUT2D eigenvalue weighted by Gasteiger charge is 2.24. The van der Waals surface area contributed by atoms with Crippen LogP contribution in [0.3, 0.4) is 0 Å². The van der Waals surface area contributed by atoms with Crippen molar-refractivity contribution in [3.8, 4) is 10.6 Å². The molecule has 368 valence electrons. The minimum atomic E-state index is -0.677. The fourth-order valence-corrected chi connectivity index (χ4v) is 8.22. The molecule has 2 aliphatic rings. The molecular weight excluding hydrogens is 865 g/mol. The van der Waals surface area contributed by atoms with E-state index in [9.17, 15) is 19.2 Å². The number of benzene rings is 1. The fraction of sp³-hybridized carbons (Fsp3) is 0.660. The standard InChI is InChI=1S/C43H66N8O7S.C4H10N2O/c1-4-5-6-9-39(52)48-41(33(2)3)42(54)46-32-40(53)44-14-22-55-24-26-57-28-29-58-27-25-56-23-21-49-17-19-50(20-18-49)35-11-12-36-37(30-35)59-43(47-36)34-10-13-38(45-31-34)51-15-7-8-16-51;1-2-3-6-4(5)7/h10-13,30-31,33,41H,4-9,14-29,32H2,1-3H3,(H,44,53)(H,46,54)(H,48,52);2-3H2,1H3,(H3,5,6,7). The molecule has 2 aliphatic heterocycles. The van der Waals surface area contributed by atoms with E-state index >= 15 is 0 Å². The molecule has 2 fully saturated rings. The maximum atomic E-state index is 12.6. The van der Waals surface area contributed by atoms with Crippen LogP contribution in [0.4, 0.5) is 16.3 Å². The Morgan fingerprint density at radius 3 is 2.03 bits per heavy atom. The molecule has 0 spiro atoms. The monoisotopic (exact) mass is 941 g/mol. The third kappa shape index (κ3) is 20.5. The molecule has 19 heteroatoms. The lowest BCUT2D eigenvalue weighted by molar-refractivity contribution is -0.131. The van der Waals surface area contributed by atoms with Gasteiger partial charge in [-0.3, -0.25) is 19.3 Å². The second-order valence-corrected chi connectivity index (χ2v) is 17.7. The average molecular weight is 941 g/mol. The Morgan fingerprint density at radius 2 is 1.42 bits per heavy atom. The molecule has 2 aromatic heterocycles. The van der Waals surface area contributed by atoms with Crippen LogP contribution < -0.4 is 36.8 Å². The van der Waals surface area contributed by atoms with Crippen LogP contribution in [0.5, 0.6) is 0 Å². The Morgan fingerprint density at radius 1 is 0.742 bits per heavy atom. The number of nitrogens with one attached hydrogen (secondary N) is 4. The highest BCUT2D eigenvalue weighted by Crippen LogP contribution is 2.33. The van der Waals surface area contributed by atoms with Gasteiger partial charge in [0.05, 0.1) is 69.6 Å². The number of fused-ring (bicyclic) bond motifs is 1. The van der Waals surface area contributed by atoms with E-state index in [0.717, 1.165) is 93.4 Å². The molecule has 5 amide bonds. The van der Waals surface area contributed by atoms with E-state index in [1.807, 2.05) is 27.0 Å². The van der Waals surface area contributed by atoms with Gasteiger partial charge in [0, 0.05) is 82.8 Å². The molecule has 2 saturated heterocycles. The van der Waals surface area contributed by atoms with Gasteiger partial charge < -0.3 is 55.7 Å². The molecule has 66 heavy (non-hydrogen) atoms. The number of ether oxygens (including phenoxy) is 4. The van der Waals surface area contributed by atoms with Crippen LogP contribution in [0.1, 0.15) is 72.6 Å². The number of carbonyl (C=O) groups is 4. The second-order valence-electron chi connectivity index (χ2n) is 16.7. The van der Waals surface area contributed by atoms with Gasteiger partial charge in [0.25, 0.3) is 0 Å². The van der Waals surface area contributed by atoms with Crippen molar-refractivity contribution in [2.75, 3.05) is 128 Å². The lowest BCUT2D eigenvalue weighted by Crippen LogP contribution is -2.51. The summed E-state index contributed by atoms with van der Waals surface area (Å²) < 4.78 is 23.7. The van der Waals surface area contributed by atoms with E-state index in [1.165, 1.54) is 23.2 Å². The quantitative estimate of drug-likeness (QED) is 0.0620. The third-order valence-electron chi connectivity index (χ3n) is 11.0. The number of rotatable bonds is 29. The molecule has 4 heterocycles. The highest BCUT2D eigenvalue weighted by molar-refractivity contribution is 7.21. The van der Waals surface area contributed by atoms with Crippen LogP contribution in [-0.4, -0.2) is 163 Å². The number of thiazole rings is 1. The predicted molar refractivity (Wildman–Crippen MR) is 261 cm³/mol. The number of carbonyl (C=O) groups excluding carboxylic acids is 4. The van der Waals surface area contributed by atoms with Gasteiger partial charge in [-0.25, -0.2) is 14.8 Å². The minimum Gasteiger partial charge on any atom is -0.378 e. The lowest BCUT2D eigenvalue weighted by Gasteiger charge is -2.36. The van der Waals surface area contributed by atoms with Gasteiger partial charge in [-0.1, -0.05) is 40.5 Å². The Bertz CT molecular complexity index is 1860. The van der Waals surface area contributed by atoms with E-state index in [1.54, 1.807) is 11.3 Å². The Balaban J connectivity index is 0.00000126. The summed E-state index contributed by atoms with van der Waals surface area (Å²) in [7, 11) is 0. The molecular formula is C47H76N10O8S. The molecule has 5 rings (SSSR count). The zero-order chi connectivity index (χ0) is 47.4. The average Bonchev–Trinajstić information content (AvgIpc) is 4.02. The number of nitrogens with two attached hydrogens (primary N) is 1. The molecule has 0 aliphatic carbocycles. The van der Waals surface area contributed by atoms with Crippen LogP contribution in [-0.2, 0) is 33.3 Å². The van der Waals surface area contributed by atoms with Gasteiger partial charge in [-0.05, 0) is 61.9 Å². The number of unbranched alkanes of at least 4 members (excludes halogenated alkanes) is 2. The first-order valence-corrected chi connectivity index (χ1v) is 24.7. The van der Waals surface area contributed by atoms with Crippen LogP contribution in [0.15, 0.2) is 36.5 Å². The summed E-state index contributed by atoms with van der Waals surface area (Å²) in [6, 6.07) is 9.77. The van der Waals surface area contributed by atoms with Gasteiger partial charge in [-0.15, -0.1) is 11.3 Å². The molecule has 1 aromatic carbocycles. The van der Waals surface area contributed by atoms with Gasteiger partial charge in [0.1, 0.15) is 16.9 Å². The smallest absolute Gasteiger partial charge is 0.312 e. The summed E-state index contributed by atoms with van der Waals surface area (Å²) in [5, 5.41) is 11.6. The molecule has 0 bridgehead atoms. The number of aromatic nitrogens is 2. The molecule has 3 aromatic rings. The van der Waals surface area contributed by atoms with Crippen molar-refractivity contribution in [1.82, 2.24) is 36.1 Å². The zero-order valence-electron chi connectivity index (χ0n) is 39.8. The van der Waals surface area contributed by atoms with Gasteiger partial charge >= 0.3 is 6.03 Å². The first-order chi connectivity index (χ1) is 32.1. The molecule has 0 radical (unpaired) electrons. The van der Waals surface area contributed by atoms with Crippen LogP contribution in [0, 0.1) is 5.92 Å². The lowest BCUT2D eigenvalue weighted by atomic mass is 10.0. The van der Waals surface area contributed by atoms with Crippen LogP contribution in [0.25, 0.3) is 20.8 Å². The van der Waals surface area contributed by atoms with E-state index < -0.39 is 12.1 Å². The number of hydrogen-bond acceptors (Lipinski definition) is 14. The fourth-order valence-electron chi connectivity index (χ4n) is 7.23. The number of hydrogen-bond donors (Lipinski definition) is 5. The van der Waals surface area contributed by atoms with E-state index in [4.69, 9.17) is 34.6 Å². The van der Waals surface area contributed by atoms with E-state index in [-0.39, 0.29) is 30.2 Å². The van der Waals surface area contributed by atoms with E-state index in [2.05, 4.69) is 73.2 Å². The topological polar surface area (TPSA) is 215 Å². The summed E-state index contributed by atoms with van der Waals surface area (Å²) in [5.74, 6) is 0.133. The molecule has 1 atom stereocenters. The number of pyridine rings is 1. The van der Waals surface area contributed by atoms with Crippen molar-refractivity contribution in [1.29, 1.82) is 0 Å². The summed E-state index contributed by atoms with van der Waals surface area (Å²) >= 11 is 1.73. The van der Waals surface area contributed by atoms with Crippen molar-refractivity contribution in [2.45, 2.75) is 78.7 Å². The Hall–Kier alpha value is -4.66. The van der Waals surface area contributed by atoms with Gasteiger partial charge in [0.15, 0.2) is 0 Å². The number of urea groups is 1. The highest BCUT2D eigenvalue weighted by atomic mass is 32.1. The summed E-state index contributed by atoms with van der Waals surface area (Å²) in [6.07, 6.45) is 8.57. The SMILES string of the molecule is CCCCCC(=O)NC(C(=O)NCC(=O)NCCOCCOCCOCCOCCN1CCN(c2ccc3nc(-c4ccc(N5CCCC5)nc4)sc3c2)CC1)C(C)C.CCCNC(N)=O. The second kappa shape index (κ2) is 31.3. The third-order valence-corrected chi connectivity index (χ3v) is 12.1. The number of anilines is 2. The molecule has 6 N–H and O–H groups in total. The minimum absolute atomic E-state index is 0.0974. The van der Waals surface area contributed by atoms with Crippen LogP contribution >= 0.6 is 11.3 Å². The van der Waals surface area contributed by atoms with Crippen molar-refractivity contribution >= 4 is 56.8 Å². The van der Waals surface area contributed by atoms with Gasteiger partial charge in [0.2, 0.25) is 17.7 Å².